The summed E-state index contributed by atoms with van der Waals surface area (Å²) in [6, 6.07) is 4.05. The zero-order valence-corrected chi connectivity index (χ0v) is 15.7. The number of methoxy groups -OCH3 is 2. The van der Waals surface area contributed by atoms with Crippen molar-refractivity contribution in [3.8, 4) is 11.5 Å². The molecule has 1 unspecified atom stereocenters. The Morgan fingerprint density at radius 1 is 1.27 bits per heavy atom. The van der Waals surface area contributed by atoms with Gasteiger partial charge in [0.25, 0.3) is 5.91 Å². The lowest BCUT2D eigenvalue weighted by Gasteiger charge is -2.36. The van der Waals surface area contributed by atoms with Gasteiger partial charge in [-0.2, -0.15) is 0 Å². The fraction of sp³-hybridized carbons (Fsp3) is 0.562. The molecule has 1 aromatic rings. The Morgan fingerprint density at radius 2 is 1.91 bits per heavy atom. The highest BCUT2D eigenvalue weighted by Crippen LogP contribution is 2.32. The maximum atomic E-state index is 12.9. The molecule has 0 saturated carbocycles. The molecular formula is C16H23IN2O3. The second-order valence-electron chi connectivity index (χ2n) is 5.70. The number of nitrogens with zero attached hydrogens (tertiary/aromatic N) is 2. The Balaban J connectivity index is 2.25. The number of piperidine rings is 1. The molecule has 0 spiro atoms. The Hall–Kier alpha value is -1.02. The molecular weight excluding hydrogens is 395 g/mol. The predicted molar refractivity (Wildman–Crippen MR) is 94.9 cm³/mol. The van der Waals surface area contributed by atoms with Gasteiger partial charge in [-0.3, -0.25) is 4.79 Å². The minimum atomic E-state index is 0.0666. The van der Waals surface area contributed by atoms with Crippen molar-refractivity contribution in [1.82, 2.24) is 9.80 Å². The van der Waals surface area contributed by atoms with E-state index in [4.69, 9.17) is 9.47 Å². The van der Waals surface area contributed by atoms with Gasteiger partial charge >= 0.3 is 0 Å². The van der Waals surface area contributed by atoms with Crippen molar-refractivity contribution >= 4 is 28.5 Å². The highest BCUT2D eigenvalue weighted by Gasteiger charge is 2.27. The third-order valence-electron chi connectivity index (χ3n) is 4.12. The van der Waals surface area contributed by atoms with E-state index in [9.17, 15) is 4.79 Å². The number of halogens is 1. The molecule has 0 bridgehead atoms. The number of hydrogen-bond acceptors (Lipinski definition) is 4. The summed E-state index contributed by atoms with van der Waals surface area (Å²) < 4.78 is 11.5. The van der Waals surface area contributed by atoms with Gasteiger partial charge < -0.3 is 19.3 Å². The van der Waals surface area contributed by atoms with Gasteiger partial charge in [-0.1, -0.05) is 0 Å². The molecule has 0 N–H and O–H groups in total. The van der Waals surface area contributed by atoms with Gasteiger partial charge in [0.15, 0.2) is 11.5 Å². The molecule has 1 heterocycles. The Kier molecular flexibility index (Phi) is 5.91. The number of hydrogen-bond donors (Lipinski definition) is 0. The van der Waals surface area contributed by atoms with Crippen molar-refractivity contribution in [3.05, 3.63) is 21.3 Å². The number of likely N-dealkylation sites (tertiary alicyclic amines) is 1. The molecule has 6 heteroatoms. The summed E-state index contributed by atoms with van der Waals surface area (Å²) in [7, 11) is 7.32. The first kappa shape index (κ1) is 17.3. The van der Waals surface area contributed by atoms with Gasteiger partial charge in [-0.25, -0.2) is 0 Å². The molecule has 0 aromatic heterocycles. The minimum Gasteiger partial charge on any atom is -0.493 e. The molecule has 1 fully saturated rings. The number of carbonyl (C=O) groups is 1. The molecule has 1 saturated heterocycles. The topological polar surface area (TPSA) is 42.0 Å². The van der Waals surface area contributed by atoms with E-state index in [0.717, 1.165) is 29.5 Å². The Bertz CT molecular complexity index is 548. The molecule has 1 aromatic carbocycles. The van der Waals surface area contributed by atoms with Crippen molar-refractivity contribution in [2.75, 3.05) is 41.4 Å². The smallest absolute Gasteiger partial charge is 0.255 e. The highest BCUT2D eigenvalue weighted by atomic mass is 127. The van der Waals surface area contributed by atoms with Crippen LogP contribution < -0.4 is 9.47 Å². The lowest BCUT2D eigenvalue weighted by molar-refractivity contribution is 0.0633. The van der Waals surface area contributed by atoms with E-state index in [2.05, 4.69) is 41.6 Å². The fourth-order valence-electron chi connectivity index (χ4n) is 2.75. The van der Waals surface area contributed by atoms with Crippen molar-refractivity contribution < 1.29 is 14.3 Å². The zero-order valence-electron chi connectivity index (χ0n) is 13.6. The largest absolute Gasteiger partial charge is 0.493 e. The summed E-state index contributed by atoms with van der Waals surface area (Å²) in [6.07, 6.45) is 2.18. The lowest BCUT2D eigenvalue weighted by atomic mass is 10.0. The summed E-state index contributed by atoms with van der Waals surface area (Å²) in [6.45, 7) is 1.59. The number of ether oxygens (including phenoxy) is 2. The van der Waals surface area contributed by atoms with Crippen molar-refractivity contribution in [3.63, 3.8) is 0 Å². The van der Waals surface area contributed by atoms with Gasteiger partial charge in [0.05, 0.1) is 19.8 Å². The van der Waals surface area contributed by atoms with E-state index in [0.29, 0.717) is 23.1 Å². The maximum absolute atomic E-state index is 12.9. The zero-order chi connectivity index (χ0) is 16.3. The molecule has 122 valence electrons. The van der Waals surface area contributed by atoms with Crippen LogP contribution in [0, 0.1) is 3.57 Å². The summed E-state index contributed by atoms with van der Waals surface area (Å²) in [5.41, 5.74) is 0.678. The minimum absolute atomic E-state index is 0.0666. The second-order valence-corrected chi connectivity index (χ2v) is 6.86. The van der Waals surface area contributed by atoms with Crippen molar-refractivity contribution in [2.45, 2.75) is 18.9 Å². The summed E-state index contributed by atoms with van der Waals surface area (Å²) in [5, 5.41) is 0. The Morgan fingerprint density at radius 3 is 2.50 bits per heavy atom. The van der Waals surface area contributed by atoms with Crippen LogP contribution in [0.2, 0.25) is 0 Å². The van der Waals surface area contributed by atoms with E-state index < -0.39 is 0 Å². The number of carbonyl (C=O) groups excluding carboxylic acids is 1. The number of amides is 1. The van der Waals surface area contributed by atoms with Crippen LogP contribution in [0.25, 0.3) is 0 Å². The van der Waals surface area contributed by atoms with Crippen molar-refractivity contribution in [2.24, 2.45) is 0 Å². The molecule has 22 heavy (non-hydrogen) atoms. The molecule has 1 amide bonds. The maximum Gasteiger partial charge on any atom is 0.255 e. The number of benzene rings is 1. The lowest BCUT2D eigenvalue weighted by Crippen LogP contribution is -2.47. The Labute approximate surface area is 145 Å². The molecule has 1 atom stereocenters. The molecule has 0 aliphatic carbocycles. The molecule has 2 rings (SSSR count). The highest BCUT2D eigenvalue weighted by molar-refractivity contribution is 14.1. The van der Waals surface area contributed by atoms with Crippen LogP contribution >= 0.6 is 22.6 Å². The predicted octanol–water partition coefficient (Wildman–Crippen LogP) is 2.47. The number of likely N-dealkylation sites (N-methyl/N-ethyl adjacent to an activating group) is 1. The van der Waals surface area contributed by atoms with Crippen LogP contribution in [0.4, 0.5) is 0 Å². The molecule has 0 radical (unpaired) electrons. The van der Waals surface area contributed by atoms with E-state index in [1.165, 1.54) is 0 Å². The van der Waals surface area contributed by atoms with E-state index in [1.54, 1.807) is 20.3 Å². The van der Waals surface area contributed by atoms with Gasteiger partial charge in [0.2, 0.25) is 0 Å². The van der Waals surface area contributed by atoms with Gasteiger partial charge in [-0.15, -0.1) is 0 Å². The van der Waals surface area contributed by atoms with E-state index >= 15 is 0 Å². The van der Waals surface area contributed by atoms with Crippen LogP contribution in [-0.2, 0) is 0 Å². The van der Waals surface area contributed by atoms with Crippen LogP contribution in [0.15, 0.2) is 12.1 Å². The molecule has 1 aliphatic heterocycles. The van der Waals surface area contributed by atoms with Crippen molar-refractivity contribution in [1.29, 1.82) is 0 Å². The van der Waals surface area contributed by atoms with E-state index in [-0.39, 0.29) is 5.91 Å². The normalized spacial score (nSPS) is 18.5. The first-order chi connectivity index (χ1) is 10.5. The molecule has 5 nitrogen and oxygen atoms in total. The summed E-state index contributed by atoms with van der Waals surface area (Å²) >= 11 is 2.18. The monoisotopic (exact) mass is 418 g/mol. The van der Waals surface area contributed by atoms with Gasteiger partial charge in [0.1, 0.15) is 0 Å². The first-order valence-electron chi connectivity index (χ1n) is 7.35. The number of rotatable bonds is 4. The third kappa shape index (κ3) is 3.65. The summed E-state index contributed by atoms with van der Waals surface area (Å²) in [5.74, 6) is 1.30. The average molecular weight is 418 g/mol. The summed E-state index contributed by atoms with van der Waals surface area (Å²) in [4.78, 5) is 17.0. The fourth-order valence-corrected chi connectivity index (χ4v) is 3.42. The van der Waals surface area contributed by atoms with Crippen LogP contribution in [0.1, 0.15) is 23.2 Å². The second kappa shape index (κ2) is 7.50. The van der Waals surface area contributed by atoms with Crippen LogP contribution in [0.3, 0.4) is 0 Å². The van der Waals surface area contributed by atoms with E-state index in [1.807, 2.05) is 11.0 Å². The quantitative estimate of drug-likeness (QED) is 0.705. The van der Waals surface area contributed by atoms with Crippen LogP contribution in [0.5, 0.6) is 11.5 Å². The van der Waals surface area contributed by atoms with Crippen LogP contribution in [-0.4, -0.2) is 63.2 Å². The first-order valence-corrected chi connectivity index (χ1v) is 8.43. The van der Waals surface area contributed by atoms with Gasteiger partial charge in [-0.05, 0) is 61.7 Å². The standard InChI is InChI=1S/C16H23IN2O3/c1-18(2)11-6-5-7-19(10-11)16(20)12-8-14(21-3)15(22-4)9-13(12)17/h8-9,11H,5-7,10H2,1-4H3. The SMILES string of the molecule is COc1cc(I)c(C(=O)N2CCCC(N(C)C)C2)cc1OC. The van der Waals surface area contributed by atoms with Gasteiger partial charge in [0, 0.05) is 22.7 Å². The molecule has 1 aliphatic rings. The average Bonchev–Trinajstić information content (AvgIpc) is 2.53. The third-order valence-corrected chi connectivity index (χ3v) is 5.01.